The molecule has 0 bridgehead atoms. The Morgan fingerprint density at radius 2 is 1.73 bits per heavy atom. The van der Waals surface area contributed by atoms with Crippen LogP contribution in [0, 0.1) is 30.5 Å². The third-order valence-electron chi connectivity index (χ3n) is 3.83. The summed E-state index contributed by atoms with van der Waals surface area (Å²) >= 11 is 6.15. The van der Waals surface area contributed by atoms with E-state index < -0.39 is 41.0 Å². The summed E-state index contributed by atoms with van der Waals surface area (Å²) in [4.78, 5) is 2.40. The average molecular weight is 452 g/mol. The number of aromatic nitrogens is 3. The molecule has 0 saturated carbocycles. The fraction of sp³-hybridized carbons (Fsp3) is 0.118. The van der Waals surface area contributed by atoms with Crippen molar-refractivity contribution in [1.29, 1.82) is 0 Å². The van der Waals surface area contributed by atoms with Gasteiger partial charge in [0.15, 0.2) is 0 Å². The van der Waals surface area contributed by atoms with Crippen molar-refractivity contribution in [2.75, 3.05) is 5.43 Å². The fourth-order valence-corrected chi connectivity index (χ4v) is 2.71. The van der Waals surface area contributed by atoms with Gasteiger partial charge in [0.25, 0.3) is 11.9 Å². The van der Waals surface area contributed by atoms with E-state index in [0.717, 1.165) is 23.0 Å². The second kappa shape index (κ2) is 7.94. The molecule has 13 heteroatoms. The number of benzene rings is 1. The molecule has 0 radical (unpaired) electrons. The standard InChI is InChI=1S/C17H9ClF7N5/c1-7-10(6-26-28-13-11(19)15(21)27-16(22)12(13)20)14(18)30(29-7)9-4-2-3-8(5-9)17(23,24)25/h2-6H,1H3,(H,27,28)/b26-6+. The summed E-state index contributed by atoms with van der Waals surface area (Å²) < 4.78 is 93.1. The number of nitrogens with one attached hydrogen (secondary N) is 1. The maximum absolute atomic E-state index is 13.6. The highest BCUT2D eigenvalue weighted by Gasteiger charge is 2.31. The molecule has 3 rings (SSSR count). The second-order valence-electron chi connectivity index (χ2n) is 5.82. The summed E-state index contributed by atoms with van der Waals surface area (Å²) in [7, 11) is 0. The number of pyridine rings is 1. The molecule has 0 unspecified atom stereocenters. The molecule has 0 saturated heterocycles. The Morgan fingerprint density at radius 1 is 1.10 bits per heavy atom. The Hall–Kier alpha value is -3.15. The van der Waals surface area contributed by atoms with Crippen LogP contribution in [0.4, 0.5) is 36.4 Å². The molecule has 2 heterocycles. The number of hydrogen-bond donors (Lipinski definition) is 1. The van der Waals surface area contributed by atoms with Crippen LogP contribution in [0.15, 0.2) is 29.4 Å². The SMILES string of the molecule is Cc1nn(-c2cccc(C(F)(F)F)c2)c(Cl)c1/C=N/Nc1c(F)c(F)nc(F)c1F. The Labute approximate surface area is 168 Å². The smallest absolute Gasteiger partial charge is 0.272 e. The van der Waals surface area contributed by atoms with Crippen LogP contribution in [0.2, 0.25) is 5.15 Å². The van der Waals surface area contributed by atoms with Gasteiger partial charge < -0.3 is 0 Å². The minimum atomic E-state index is -4.58. The summed E-state index contributed by atoms with van der Waals surface area (Å²) in [6.45, 7) is 1.45. The van der Waals surface area contributed by atoms with E-state index in [1.807, 2.05) is 0 Å². The molecule has 0 fully saturated rings. The molecular formula is C17H9ClF7N5. The lowest BCUT2D eigenvalue weighted by Crippen LogP contribution is -2.06. The summed E-state index contributed by atoms with van der Waals surface area (Å²) in [5.74, 6) is -7.35. The zero-order valence-electron chi connectivity index (χ0n) is 14.7. The average Bonchev–Trinajstić information content (AvgIpc) is 2.96. The quantitative estimate of drug-likeness (QED) is 0.255. The minimum Gasteiger partial charge on any atom is -0.272 e. The van der Waals surface area contributed by atoms with Crippen molar-refractivity contribution in [3.05, 3.63) is 69.8 Å². The van der Waals surface area contributed by atoms with Gasteiger partial charge in [-0.1, -0.05) is 17.7 Å². The van der Waals surface area contributed by atoms with Gasteiger partial charge >= 0.3 is 6.18 Å². The minimum absolute atomic E-state index is 0.000832. The molecule has 1 aromatic carbocycles. The van der Waals surface area contributed by atoms with Gasteiger partial charge in [-0.15, -0.1) is 0 Å². The van der Waals surface area contributed by atoms with Crippen LogP contribution in [-0.4, -0.2) is 21.0 Å². The van der Waals surface area contributed by atoms with E-state index in [4.69, 9.17) is 11.6 Å². The summed E-state index contributed by atoms with van der Waals surface area (Å²) in [5.41, 5.74) is -0.0638. The number of anilines is 1. The molecule has 2 aromatic heterocycles. The Balaban J connectivity index is 1.93. The monoisotopic (exact) mass is 451 g/mol. The number of hydrogen-bond acceptors (Lipinski definition) is 4. The van der Waals surface area contributed by atoms with Crippen LogP contribution in [0.5, 0.6) is 0 Å². The highest BCUT2D eigenvalue weighted by molar-refractivity contribution is 6.32. The third kappa shape index (κ3) is 4.08. The van der Waals surface area contributed by atoms with Crippen LogP contribution in [-0.2, 0) is 6.18 Å². The van der Waals surface area contributed by atoms with Gasteiger partial charge in [0, 0.05) is 0 Å². The number of halogens is 8. The normalized spacial score (nSPS) is 12.0. The van der Waals surface area contributed by atoms with Crippen LogP contribution in [0.1, 0.15) is 16.8 Å². The Kier molecular flexibility index (Phi) is 5.70. The molecule has 30 heavy (non-hydrogen) atoms. The molecule has 0 amide bonds. The predicted octanol–water partition coefficient (Wildman–Crippen LogP) is 5.25. The zero-order valence-corrected chi connectivity index (χ0v) is 15.5. The van der Waals surface area contributed by atoms with E-state index in [9.17, 15) is 30.7 Å². The summed E-state index contributed by atoms with van der Waals surface area (Å²) in [6.07, 6.45) is -3.65. The molecule has 0 aliphatic heterocycles. The van der Waals surface area contributed by atoms with E-state index in [1.165, 1.54) is 19.1 Å². The first kappa shape index (κ1) is 21.6. The summed E-state index contributed by atoms with van der Waals surface area (Å²) in [5, 5.41) is 7.32. The molecule has 0 spiro atoms. The van der Waals surface area contributed by atoms with Gasteiger partial charge in [-0.25, -0.2) is 4.68 Å². The van der Waals surface area contributed by atoms with Crippen molar-refractivity contribution in [2.45, 2.75) is 13.1 Å². The zero-order chi connectivity index (χ0) is 22.2. The second-order valence-corrected chi connectivity index (χ2v) is 6.17. The van der Waals surface area contributed by atoms with Crippen LogP contribution in [0.3, 0.4) is 0 Å². The van der Waals surface area contributed by atoms with Gasteiger partial charge in [0.2, 0.25) is 11.6 Å². The first-order valence-corrected chi connectivity index (χ1v) is 8.30. The molecule has 0 aliphatic carbocycles. The molecule has 0 aliphatic rings. The number of hydrazone groups is 1. The fourth-order valence-electron chi connectivity index (χ4n) is 2.39. The van der Waals surface area contributed by atoms with Gasteiger partial charge in [-0.3, -0.25) is 5.43 Å². The van der Waals surface area contributed by atoms with Crippen LogP contribution >= 0.6 is 11.6 Å². The van der Waals surface area contributed by atoms with Crippen molar-refractivity contribution < 1.29 is 30.7 Å². The van der Waals surface area contributed by atoms with Gasteiger partial charge in [0.05, 0.1) is 28.7 Å². The van der Waals surface area contributed by atoms with Gasteiger partial charge in [-0.2, -0.15) is 45.9 Å². The lowest BCUT2D eigenvalue weighted by molar-refractivity contribution is -0.137. The van der Waals surface area contributed by atoms with E-state index in [-0.39, 0.29) is 22.1 Å². The number of aryl methyl sites for hydroxylation is 1. The maximum Gasteiger partial charge on any atom is 0.416 e. The van der Waals surface area contributed by atoms with Crippen LogP contribution < -0.4 is 5.43 Å². The molecular weight excluding hydrogens is 443 g/mol. The van der Waals surface area contributed by atoms with Crippen molar-refractivity contribution >= 4 is 23.5 Å². The largest absolute Gasteiger partial charge is 0.416 e. The molecule has 3 aromatic rings. The van der Waals surface area contributed by atoms with Crippen LogP contribution in [0.25, 0.3) is 5.69 Å². The lowest BCUT2D eigenvalue weighted by atomic mass is 10.2. The van der Waals surface area contributed by atoms with E-state index in [2.05, 4.69) is 15.2 Å². The van der Waals surface area contributed by atoms with Crippen molar-refractivity contribution in [2.24, 2.45) is 5.10 Å². The molecule has 0 atom stereocenters. The highest BCUT2D eigenvalue weighted by atomic mass is 35.5. The molecule has 5 nitrogen and oxygen atoms in total. The number of nitrogens with zero attached hydrogens (tertiary/aromatic N) is 4. The van der Waals surface area contributed by atoms with E-state index in [0.29, 0.717) is 0 Å². The van der Waals surface area contributed by atoms with E-state index in [1.54, 1.807) is 5.43 Å². The van der Waals surface area contributed by atoms with Gasteiger partial charge in [0.1, 0.15) is 10.8 Å². The van der Waals surface area contributed by atoms with Crippen molar-refractivity contribution in [3.63, 3.8) is 0 Å². The Bertz CT molecular complexity index is 1110. The van der Waals surface area contributed by atoms with E-state index >= 15 is 0 Å². The van der Waals surface area contributed by atoms with Gasteiger partial charge in [-0.05, 0) is 25.1 Å². The highest BCUT2D eigenvalue weighted by Crippen LogP contribution is 2.31. The third-order valence-corrected chi connectivity index (χ3v) is 4.20. The topological polar surface area (TPSA) is 55.1 Å². The maximum atomic E-state index is 13.6. The van der Waals surface area contributed by atoms with Crippen molar-refractivity contribution in [3.8, 4) is 5.69 Å². The molecule has 158 valence electrons. The predicted molar refractivity (Wildman–Crippen MR) is 93.6 cm³/mol. The first-order valence-electron chi connectivity index (χ1n) is 7.92. The Morgan fingerprint density at radius 3 is 2.33 bits per heavy atom. The lowest BCUT2D eigenvalue weighted by Gasteiger charge is -2.09. The number of alkyl halides is 3. The number of rotatable bonds is 4. The van der Waals surface area contributed by atoms with Crippen molar-refractivity contribution in [1.82, 2.24) is 14.8 Å². The first-order chi connectivity index (χ1) is 14.0. The summed E-state index contributed by atoms with van der Waals surface area (Å²) in [6, 6.07) is 4.19. The molecule has 1 N–H and O–H groups in total.